The third-order valence-corrected chi connectivity index (χ3v) is 5.20. The molecule has 0 saturated carbocycles. The van der Waals surface area contributed by atoms with Crippen LogP contribution in [0, 0.1) is 0 Å². The summed E-state index contributed by atoms with van der Waals surface area (Å²) in [4.78, 5) is 14.7. The van der Waals surface area contributed by atoms with E-state index in [1.54, 1.807) is 24.3 Å². The van der Waals surface area contributed by atoms with Gasteiger partial charge in [-0.25, -0.2) is 8.42 Å². The summed E-state index contributed by atoms with van der Waals surface area (Å²) in [5, 5.41) is 3.49. The maximum absolute atomic E-state index is 12.6. The van der Waals surface area contributed by atoms with E-state index in [0.29, 0.717) is 29.6 Å². The van der Waals surface area contributed by atoms with Crippen molar-refractivity contribution in [3.8, 4) is 0 Å². The molecule has 1 amide bonds. The third kappa shape index (κ3) is 5.21. The summed E-state index contributed by atoms with van der Waals surface area (Å²) in [6.45, 7) is 1.86. The number of nitrogens with one attached hydrogen (secondary N) is 1. The predicted molar refractivity (Wildman–Crippen MR) is 110 cm³/mol. The summed E-state index contributed by atoms with van der Waals surface area (Å²) in [5.74, 6) is -0.568. The number of nitrogens with zero attached hydrogens (tertiary/aromatic N) is 1. The number of para-hydroxylation sites is 1. The summed E-state index contributed by atoms with van der Waals surface area (Å²) in [6.07, 6.45) is 1.15. The molecule has 28 heavy (non-hydrogen) atoms. The van der Waals surface area contributed by atoms with E-state index >= 15 is 0 Å². The molecule has 0 radical (unpaired) electrons. The first-order valence-corrected chi connectivity index (χ1v) is 11.1. The minimum Gasteiger partial charge on any atom is -0.451 e. The van der Waals surface area contributed by atoms with Gasteiger partial charge in [-0.2, -0.15) is 0 Å². The van der Waals surface area contributed by atoms with Crippen LogP contribution in [-0.2, 0) is 22.1 Å². The lowest BCUT2D eigenvalue weighted by atomic mass is 10.1. The van der Waals surface area contributed by atoms with Crippen LogP contribution in [0.5, 0.6) is 0 Å². The number of hydrogen-bond donors (Lipinski definition) is 1. The number of carbonyl (C=O) groups excluding carboxylic acids is 1. The van der Waals surface area contributed by atoms with Crippen molar-refractivity contribution in [1.29, 1.82) is 0 Å². The molecule has 0 saturated heterocycles. The molecule has 3 rings (SSSR count). The Morgan fingerprint density at radius 3 is 2.46 bits per heavy atom. The maximum Gasteiger partial charge on any atom is 0.287 e. The second-order valence-corrected chi connectivity index (χ2v) is 9.10. The molecule has 7 heteroatoms. The molecule has 0 atom stereocenters. The van der Waals surface area contributed by atoms with E-state index < -0.39 is 15.7 Å². The lowest BCUT2D eigenvalue weighted by Crippen LogP contribution is -2.33. The van der Waals surface area contributed by atoms with E-state index in [2.05, 4.69) is 22.3 Å². The Morgan fingerprint density at radius 2 is 1.75 bits per heavy atom. The van der Waals surface area contributed by atoms with Gasteiger partial charge in [0.25, 0.3) is 5.91 Å². The van der Waals surface area contributed by atoms with Crippen molar-refractivity contribution < 1.29 is 17.6 Å². The van der Waals surface area contributed by atoms with Gasteiger partial charge >= 0.3 is 0 Å². The van der Waals surface area contributed by atoms with Gasteiger partial charge in [0, 0.05) is 36.8 Å². The summed E-state index contributed by atoms with van der Waals surface area (Å²) >= 11 is 0. The summed E-state index contributed by atoms with van der Waals surface area (Å²) in [5.41, 5.74) is 2.12. The molecule has 1 N–H and O–H groups in total. The van der Waals surface area contributed by atoms with Crippen molar-refractivity contribution in [1.82, 2.24) is 10.2 Å². The lowest BCUT2D eigenvalue weighted by Gasteiger charge is -2.16. The van der Waals surface area contributed by atoms with Crippen LogP contribution in [-0.4, -0.2) is 45.6 Å². The minimum atomic E-state index is -3.31. The Morgan fingerprint density at radius 1 is 1.07 bits per heavy atom. The second-order valence-electron chi connectivity index (χ2n) is 6.96. The fourth-order valence-electron chi connectivity index (χ4n) is 3.10. The number of carbonyl (C=O) groups is 1. The van der Waals surface area contributed by atoms with Gasteiger partial charge in [0.2, 0.25) is 0 Å². The number of hydrogen-bond acceptors (Lipinski definition) is 5. The highest BCUT2D eigenvalue weighted by molar-refractivity contribution is 7.89. The largest absolute Gasteiger partial charge is 0.451 e. The molecular formula is C21H24N2O4S. The Hall–Kier alpha value is -2.64. The smallest absolute Gasteiger partial charge is 0.287 e. The average Bonchev–Trinajstić information content (AvgIpc) is 2.99. The Labute approximate surface area is 165 Å². The third-order valence-electron chi connectivity index (χ3n) is 4.39. The first-order chi connectivity index (χ1) is 13.3. The maximum atomic E-state index is 12.6. The van der Waals surface area contributed by atoms with Crippen LogP contribution in [0.25, 0.3) is 11.0 Å². The predicted octanol–water partition coefficient (Wildman–Crippen LogP) is 2.84. The Bertz CT molecular complexity index is 1060. The van der Waals surface area contributed by atoms with Crippen molar-refractivity contribution >= 4 is 26.7 Å². The number of rotatable bonds is 8. The number of benzene rings is 2. The van der Waals surface area contributed by atoms with Crippen LogP contribution in [0.15, 0.2) is 59.0 Å². The monoisotopic (exact) mass is 400 g/mol. The number of fused-ring (bicyclic) bond motifs is 1. The summed E-state index contributed by atoms with van der Waals surface area (Å²) in [7, 11) is -1.33. The number of likely N-dealkylation sites (N-methyl/N-ethyl adjacent to an activating group) is 1. The van der Waals surface area contributed by atoms with Crippen molar-refractivity contribution in [2.45, 2.75) is 12.3 Å². The average molecular weight is 401 g/mol. The van der Waals surface area contributed by atoms with E-state index in [1.165, 1.54) is 5.56 Å². The van der Waals surface area contributed by atoms with E-state index in [0.717, 1.165) is 12.8 Å². The topological polar surface area (TPSA) is 79.6 Å². The van der Waals surface area contributed by atoms with Gasteiger partial charge in [-0.1, -0.05) is 48.5 Å². The molecule has 0 bridgehead atoms. The van der Waals surface area contributed by atoms with Crippen LogP contribution < -0.4 is 5.32 Å². The van der Waals surface area contributed by atoms with Crippen LogP contribution in [0.2, 0.25) is 0 Å². The molecule has 1 aromatic heterocycles. The molecule has 2 aromatic carbocycles. The standard InChI is InChI=1S/C21H24N2O4S/c1-23(14-16-8-4-3-5-9-16)13-12-22-21(24)20-18(15-28(2,25)26)17-10-6-7-11-19(17)27-20/h3-11H,12-15H2,1-2H3,(H,22,24). The highest BCUT2D eigenvalue weighted by atomic mass is 32.2. The molecule has 3 aromatic rings. The van der Waals surface area contributed by atoms with Gasteiger partial charge in [-0.15, -0.1) is 0 Å². The summed E-state index contributed by atoms with van der Waals surface area (Å²) < 4.78 is 29.3. The fraction of sp³-hybridized carbons (Fsp3) is 0.286. The Balaban J connectivity index is 1.67. The fourth-order valence-corrected chi connectivity index (χ4v) is 3.91. The zero-order chi connectivity index (χ0) is 20.1. The van der Waals surface area contributed by atoms with Crippen LogP contribution in [0.1, 0.15) is 21.7 Å². The number of sulfone groups is 1. The highest BCUT2D eigenvalue weighted by Crippen LogP contribution is 2.27. The van der Waals surface area contributed by atoms with E-state index in [1.807, 2.05) is 25.2 Å². The number of amides is 1. The summed E-state index contributed by atoms with van der Waals surface area (Å²) in [6, 6.07) is 17.2. The molecule has 0 spiro atoms. The molecule has 1 heterocycles. The van der Waals surface area contributed by atoms with Crippen LogP contribution in [0.3, 0.4) is 0 Å². The van der Waals surface area contributed by atoms with Crippen molar-refractivity contribution in [2.24, 2.45) is 0 Å². The zero-order valence-electron chi connectivity index (χ0n) is 16.0. The second kappa shape index (κ2) is 8.58. The number of furan rings is 1. The molecule has 148 valence electrons. The van der Waals surface area contributed by atoms with Gasteiger partial charge < -0.3 is 14.6 Å². The van der Waals surface area contributed by atoms with Crippen LogP contribution in [0.4, 0.5) is 0 Å². The first kappa shape index (κ1) is 20.1. The molecular weight excluding hydrogens is 376 g/mol. The zero-order valence-corrected chi connectivity index (χ0v) is 16.8. The van der Waals surface area contributed by atoms with Crippen molar-refractivity contribution in [3.05, 3.63) is 71.5 Å². The Kier molecular flexibility index (Phi) is 6.16. The van der Waals surface area contributed by atoms with E-state index in [4.69, 9.17) is 4.42 Å². The molecule has 0 fully saturated rings. The SMILES string of the molecule is CN(CCNC(=O)c1oc2ccccc2c1CS(C)(=O)=O)Cc1ccccc1. The van der Waals surface area contributed by atoms with Gasteiger partial charge in [0.15, 0.2) is 15.6 Å². The quantitative estimate of drug-likeness (QED) is 0.629. The van der Waals surface area contributed by atoms with Gasteiger partial charge in [-0.05, 0) is 18.7 Å². The van der Waals surface area contributed by atoms with Crippen LogP contribution >= 0.6 is 0 Å². The van der Waals surface area contributed by atoms with Crippen molar-refractivity contribution in [3.63, 3.8) is 0 Å². The molecule has 0 unspecified atom stereocenters. The van der Waals surface area contributed by atoms with Gasteiger partial charge in [0.1, 0.15) is 5.58 Å². The van der Waals surface area contributed by atoms with Gasteiger partial charge in [-0.3, -0.25) is 4.79 Å². The molecule has 6 nitrogen and oxygen atoms in total. The van der Waals surface area contributed by atoms with E-state index in [-0.39, 0.29) is 11.5 Å². The molecule has 0 aliphatic rings. The lowest BCUT2D eigenvalue weighted by molar-refractivity contribution is 0.0923. The van der Waals surface area contributed by atoms with Crippen molar-refractivity contribution in [2.75, 3.05) is 26.4 Å². The van der Waals surface area contributed by atoms with E-state index in [9.17, 15) is 13.2 Å². The molecule has 0 aliphatic heterocycles. The minimum absolute atomic E-state index is 0.0670. The van der Waals surface area contributed by atoms with Gasteiger partial charge in [0.05, 0.1) is 5.75 Å². The normalized spacial score (nSPS) is 11.8. The highest BCUT2D eigenvalue weighted by Gasteiger charge is 2.23. The first-order valence-electron chi connectivity index (χ1n) is 9.02. The molecule has 0 aliphatic carbocycles.